The molecule has 69 heavy (non-hydrogen) atoms. The summed E-state index contributed by atoms with van der Waals surface area (Å²) in [4.78, 5) is 64.9. The van der Waals surface area contributed by atoms with Gasteiger partial charge in [0.1, 0.15) is 37.0 Å². The zero-order valence-corrected chi connectivity index (χ0v) is 46.6. The van der Waals surface area contributed by atoms with Gasteiger partial charge in [-0.25, -0.2) is 0 Å². The van der Waals surface area contributed by atoms with Crippen molar-refractivity contribution in [2.24, 2.45) is 11.8 Å². The quantitative estimate of drug-likeness (QED) is 0.0310. The minimum absolute atomic E-state index is 0.00633. The molecule has 0 aromatic carbocycles. The van der Waals surface area contributed by atoms with Gasteiger partial charge < -0.3 is 51.5 Å². The number of hydrogen-bond donors (Lipinski definition) is 0. The minimum Gasteiger partial charge on any atom is -0.462 e. The highest BCUT2D eigenvalue weighted by Crippen LogP contribution is 2.50. The average Bonchev–Trinajstić information content (AvgIpc) is 3.24. The van der Waals surface area contributed by atoms with Crippen molar-refractivity contribution in [3.63, 3.8) is 0 Å². The van der Waals surface area contributed by atoms with E-state index < -0.39 is 100 Å². The highest BCUT2D eigenvalue weighted by molar-refractivity contribution is 6.74. The summed E-state index contributed by atoms with van der Waals surface area (Å²) in [6.45, 7) is 34.1. The molecular weight excluding hydrogens is 921 g/mol. The zero-order valence-electron chi connectivity index (χ0n) is 44.6. The average molecular weight is 1010 g/mol. The number of aldehydes is 1. The Kier molecular flexibility index (Phi) is 20.9. The lowest BCUT2D eigenvalue weighted by atomic mass is 9.78. The molecule has 0 unspecified atom stereocenters. The van der Waals surface area contributed by atoms with E-state index in [4.69, 9.17) is 46.7 Å². The van der Waals surface area contributed by atoms with Gasteiger partial charge >= 0.3 is 17.9 Å². The minimum atomic E-state index is -2.23. The van der Waals surface area contributed by atoms with Crippen LogP contribution in [0.5, 0.6) is 0 Å². The van der Waals surface area contributed by atoms with Crippen LogP contribution in [0.4, 0.5) is 0 Å². The lowest BCUT2D eigenvalue weighted by Crippen LogP contribution is -2.61. The summed E-state index contributed by atoms with van der Waals surface area (Å²) in [7, 11) is -2.82. The van der Waals surface area contributed by atoms with E-state index in [9.17, 15) is 24.0 Å². The van der Waals surface area contributed by atoms with Crippen LogP contribution in [0, 0.1) is 11.8 Å². The molecule has 13 atom stereocenters. The summed E-state index contributed by atoms with van der Waals surface area (Å²) in [5.74, 6) is -5.38. The second kappa shape index (κ2) is 24.4. The Morgan fingerprint density at radius 2 is 1.36 bits per heavy atom. The van der Waals surface area contributed by atoms with Crippen molar-refractivity contribution < 1.29 is 70.7 Å². The van der Waals surface area contributed by atoms with Gasteiger partial charge in [-0.2, -0.15) is 0 Å². The summed E-state index contributed by atoms with van der Waals surface area (Å²) >= 11 is 0. The first kappa shape index (κ1) is 59.0. The van der Waals surface area contributed by atoms with Gasteiger partial charge in [-0.15, -0.1) is 0 Å². The lowest BCUT2D eigenvalue weighted by molar-refractivity contribution is -0.347. The van der Waals surface area contributed by atoms with Crippen molar-refractivity contribution in [2.45, 2.75) is 249 Å². The number of ether oxygens (including phenoxy) is 8. The van der Waals surface area contributed by atoms with Crippen LogP contribution in [0.1, 0.15) is 147 Å². The van der Waals surface area contributed by atoms with Gasteiger partial charge in [0.25, 0.3) is 0 Å². The topological polar surface area (TPSA) is 178 Å². The molecule has 4 aliphatic heterocycles. The van der Waals surface area contributed by atoms with Gasteiger partial charge in [-0.3, -0.25) is 19.2 Å². The number of methoxy groups -OCH3 is 1. The van der Waals surface area contributed by atoms with E-state index in [1.807, 2.05) is 6.92 Å². The number of esters is 3. The number of carbonyl (C=O) groups is 5. The molecule has 0 aromatic rings. The Morgan fingerprint density at radius 3 is 1.93 bits per heavy atom. The molecule has 4 fully saturated rings. The Hall–Kier alpha value is -2.62. The van der Waals surface area contributed by atoms with Gasteiger partial charge in [-0.1, -0.05) is 80.2 Å². The third kappa shape index (κ3) is 15.9. The third-order valence-electron chi connectivity index (χ3n) is 15.6. The first-order valence-corrected chi connectivity index (χ1v) is 30.9. The van der Waals surface area contributed by atoms with Crippen molar-refractivity contribution in [1.82, 2.24) is 0 Å². The maximum absolute atomic E-state index is 14.5. The Labute approximate surface area is 415 Å². The van der Waals surface area contributed by atoms with Gasteiger partial charge in [0, 0.05) is 84.7 Å². The number of rotatable bonds is 23. The standard InChI is InChI=1S/C52H88O15Si2/c1-17-21-59-47(57)27-40-24-42(60-37(8)54)30-52(63-40)33-50(13,67-69(18-2,19-3)20-4)28-43(64-52)22-34(5)35(6)48(61-38(9)55)36(7)46(56)26-39-23-41(58-14)29-51(62-39)31-44(25-45(32-53)65-51)66-68(15,16)49(10,11)12/h17,32,35-36,39-45,48H,1,5,18-31,33H2,2-4,6-16H3/t35-,36-,39+,40-,41+,42+,43+,44+,45-,48+,50+,51-,52-/m1/s1. The number of hydrogen-bond acceptors (Lipinski definition) is 15. The van der Waals surface area contributed by atoms with Gasteiger partial charge in [-0.05, 0) is 49.6 Å². The van der Waals surface area contributed by atoms with Crippen LogP contribution in [0.3, 0.4) is 0 Å². The second-order valence-corrected chi connectivity index (χ2v) is 31.7. The fraction of sp³-hybridized carbons (Fsp3) is 0.827. The molecule has 4 saturated heterocycles. The van der Waals surface area contributed by atoms with E-state index in [0.717, 1.165) is 24.4 Å². The molecule has 0 radical (unpaired) electrons. The molecule has 15 nitrogen and oxygen atoms in total. The molecule has 2 spiro atoms. The molecule has 4 rings (SSSR count). The Balaban J connectivity index is 1.60. The first-order chi connectivity index (χ1) is 32.1. The Bertz CT molecular complexity index is 1790. The Morgan fingerprint density at radius 1 is 0.783 bits per heavy atom. The highest BCUT2D eigenvalue weighted by atomic mass is 28.4. The van der Waals surface area contributed by atoms with Crippen LogP contribution in [0.2, 0.25) is 36.3 Å². The fourth-order valence-electron chi connectivity index (χ4n) is 10.9. The van der Waals surface area contributed by atoms with E-state index in [1.54, 1.807) is 14.0 Å². The van der Waals surface area contributed by atoms with Crippen molar-refractivity contribution in [1.29, 1.82) is 0 Å². The number of carbonyl (C=O) groups excluding carboxylic acids is 5. The molecule has 0 saturated carbocycles. The molecule has 4 heterocycles. The molecule has 0 amide bonds. The van der Waals surface area contributed by atoms with E-state index in [1.165, 1.54) is 19.9 Å². The predicted octanol–water partition coefficient (Wildman–Crippen LogP) is 9.64. The van der Waals surface area contributed by atoms with Gasteiger partial charge in [0.05, 0.1) is 48.5 Å². The predicted molar refractivity (Wildman–Crippen MR) is 266 cm³/mol. The SMILES string of the molecule is C=CCOC(=O)C[C@H]1C[C@H](OC(C)=O)C[C@@]2(C[C@@](C)(O[Si](CC)(CC)CC)C[C@H](CC(=C)[C@@H](C)[C@H](OC(C)=O)[C@H](C)C(=O)C[C@@H]3C[C@H](OC)C[C@@]4(C[C@@H](O[Si](C)(C)C(C)(C)C)C[C@H](C=O)O4)O3)O2)O1. The normalized spacial score (nSPS) is 32.3. The van der Waals surface area contributed by atoms with Crippen LogP contribution in [-0.4, -0.2) is 126 Å². The summed E-state index contributed by atoms with van der Waals surface area (Å²) in [5, 5.41) is -0.0516. The molecular formula is C52H88O15Si2. The molecule has 394 valence electrons. The van der Waals surface area contributed by atoms with E-state index in [0.29, 0.717) is 50.5 Å². The smallest absolute Gasteiger partial charge is 0.308 e. The van der Waals surface area contributed by atoms with E-state index >= 15 is 0 Å². The number of Topliss-reactive ketones (excluding diaryl/α,β-unsaturated/α-hetero) is 1. The fourth-order valence-corrected chi connectivity index (χ4v) is 15.4. The zero-order chi connectivity index (χ0) is 51.8. The summed E-state index contributed by atoms with van der Waals surface area (Å²) in [6, 6.07) is 2.75. The van der Waals surface area contributed by atoms with Crippen molar-refractivity contribution in [3.8, 4) is 0 Å². The second-order valence-electron chi connectivity index (χ2n) is 22.3. The number of ketones is 1. The van der Waals surface area contributed by atoms with E-state index in [-0.39, 0.29) is 55.3 Å². The van der Waals surface area contributed by atoms with Crippen molar-refractivity contribution in [3.05, 3.63) is 24.8 Å². The molecule has 0 aliphatic carbocycles. The first-order valence-electron chi connectivity index (χ1n) is 25.5. The van der Waals surface area contributed by atoms with Crippen molar-refractivity contribution in [2.75, 3.05) is 13.7 Å². The van der Waals surface area contributed by atoms with Crippen LogP contribution < -0.4 is 0 Å². The summed E-state index contributed by atoms with van der Waals surface area (Å²) in [5.41, 5.74) is -0.0318. The summed E-state index contributed by atoms with van der Waals surface area (Å²) in [6.07, 6.45) is 0.872. The highest BCUT2D eigenvalue weighted by Gasteiger charge is 2.56. The maximum atomic E-state index is 14.5. The van der Waals surface area contributed by atoms with Crippen LogP contribution in [-0.2, 0) is 70.7 Å². The molecule has 17 heteroatoms. The maximum Gasteiger partial charge on any atom is 0.308 e. The van der Waals surface area contributed by atoms with E-state index in [2.05, 4.69) is 74.7 Å². The molecule has 4 aliphatic rings. The molecule has 0 bridgehead atoms. The molecule has 0 aromatic heterocycles. The van der Waals surface area contributed by atoms with Gasteiger partial charge in [0.2, 0.25) is 0 Å². The monoisotopic (exact) mass is 1010 g/mol. The van der Waals surface area contributed by atoms with Crippen LogP contribution >= 0.6 is 0 Å². The summed E-state index contributed by atoms with van der Waals surface area (Å²) < 4.78 is 64.2. The molecule has 0 N–H and O–H groups in total. The lowest BCUT2D eigenvalue weighted by Gasteiger charge is -2.55. The van der Waals surface area contributed by atoms with Crippen LogP contribution in [0.25, 0.3) is 0 Å². The van der Waals surface area contributed by atoms with Crippen LogP contribution in [0.15, 0.2) is 24.8 Å². The largest absolute Gasteiger partial charge is 0.462 e. The van der Waals surface area contributed by atoms with Gasteiger partial charge in [0.15, 0.2) is 28.2 Å². The third-order valence-corrected chi connectivity index (χ3v) is 24.9. The van der Waals surface area contributed by atoms with Crippen molar-refractivity contribution >= 4 is 46.6 Å².